The molecule has 0 N–H and O–H groups in total. The Morgan fingerprint density at radius 3 is 2.08 bits per heavy atom. The maximum Gasteiger partial charge on any atom is 0.119 e. The second-order valence-corrected chi connectivity index (χ2v) is 16.7. The molecule has 6 rings (SSSR count). The van der Waals surface area contributed by atoms with Crippen molar-refractivity contribution in [2.24, 2.45) is 56.2 Å². The van der Waals surface area contributed by atoms with Crippen molar-refractivity contribution in [3.8, 4) is 5.75 Å². The average molecular weight is 517 g/mol. The number of benzene rings is 1. The van der Waals surface area contributed by atoms with Crippen LogP contribution in [0, 0.1) is 56.2 Å². The summed E-state index contributed by atoms with van der Waals surface area (Å²) < 4.78 is 6.75. The van der Waals surface area contributed by atoms with Crippen LogP contribution in [-0.4, -0.2) is 6.10 Å². The van der Waals surface area contributed by atoms with E-state index in [0.29, 0.717) is 45.0 Å². The fourth-order valence-corrected chi connectivity index (χ4v) is 12.4. The van der Waals surface area contributed by atoms with E-state index >= 15 is 0 Å². The number of allylic oxidation sites excluding steroid dienone is 1. The number of fused-ring (bicyclic) bond motifs is 7. The van der Waals surface area contributed by atoms with Crippen LogP contribution < -0.4 is 4.74 Å². The summed E-state index contributed by atoms with van der Waals surface area (Å²) in [5.74, 6) is 3.98. The summed E-state index contributed by atoms with van der Waals surface area (Å²) in [6.45, 7) is 26.0. The molecular formula is C37H56O. The summed E-state index contributed by atoms with van der Waals surface area (Å²) in [6.07, 6.45) is 13.9. The molecule has 210 valence electrons. The third kappa shape index (κ3) is 3.23. The van der Waals surface area contributed by atoms with Gasteiger partial charge in [0.15, 0.2) is 0 Å². The van der Waals surface area contributed by atoms with Gasteiger partial charge in [-0.15, -0.1) is 0 Å². The summed E-state index contributed by atoms with van der Waals surface area (Å²) in [5, 5.41) is 0. The molecule has 5 aliphatic carbocycles. The molecule has 0 bridgehead atoms. The number of ether oxygens (including phenoxy) is 1. The molecule has 0 amide bonds. The Morgan fingerprint density at radius 1 is 0.711 bits per heavy atom. The third-order valence-corrected chi connectivity index (χ3v) is 15.4. The molecule has 38 heavy (non-hydrogen) atoms. The fraction of sp³-hybridized carbons (Fsp3) is 0.784. The fourth-order valence-electron chi connectivity index (χ4n) is 12.4. The quantitative estimate of drug-likeness (QED) is 0.355. The molecule has 0 radical (unpaired) electrons. The maximum atomic E-state index is 6.75. The molecule has 1 aromatic carbocycles. The van der Waals surface area contributed by atoms with Gasteiger partial charge in [-0.1, -0.05) is 85.7 Å². The van der Waals surface area contributed by atoms with Crippen LogP contribution in [0.4, 0.5) is 0 Å². The van der Waals surface area contributed by atoms with Crippen molar-refractivity contribution >= 4 is 0 Å². The first-order valence-corrected chi connectivity index (χ1v) is 16.1. The second kappa shape index (κ2) is 8.39. The Balaban J connectivity index is 1.35. The van der Waals surface area contributed by atoms with Gasteiger partial charge in [-0.3, -0.25) is 0 Å². The Morgan fingerprint density at radius 2 is 1.37 bits per heavy atom. The smallest absolute Gasteiger partial charge is 0.119 e. The predicted octanol–water partition coefficient (Wildman–Crippen LogP) is 10.5. The molecule has 10 unspecified atom stereocenters. The Labute approximate surface area is 234 Å². The van der Waals surface area contributed by atoms with Gasteiger partial charge in [0.2, 0.25) is 0 Å². The van der Waals surface area contributed by atoms with Gasteiger partial charge in [0, 0.05) is 5.41 Å². The zero-order valence-corrected chi connectivity index (χ0v) is 26.0. The first kappa shape index (κ1) is 27.0. The molecule has 5 saturated carbocycles. The normalized spacial score (nSPS) is 51.7. The SMILES string of the molecule is C=C1C(C)CCC2(C)CCC3(C)C(CCC4(C)C5(C)CCC(Oc6ccccc6)C(C)(C)C5CCC34C)C12. The van der Waals surface area contributed by atoms with Crippen LogP contribution in [0.15, 0.2) is 42.5 Å². The molecule has 1 aromatic rings. The standard InChI is InChI=1S/C37H56O/c1-25-15-19-33(5)23-24-34(6)28(31(33)26(25)2)16-21-37(9)35(7)20-18-30(38-27-13-11-10-12-14-27)32(3,4)29(35)17-22-36(34,37)8/h10-14,25,28-31H,2,15-24H2,1,3-9H3. The minimum atomic E-state index is 0.170. The van der Waals surface area contributed by atoms with E-state index in [0.717, 1.165) is 17.6 Å². The van der Waals surface area contributed by atoms with Gasteiger partial charge in [0.25, 0.3) is 0 Å². The minimum Gasteiger partial charge on any atom is -0.490 e. The lowest BCUT2D eigenvalue weighted by atomic mass is 9.27. The van der Waals surface area contributed by atoms with E-state index < -0.39 is 0 Å². The van der Waals surface area contributed by atoms with Crippen LogP contribution in [0.2, 0.25) is 0 Å². The van der Waals surface area contributed by atoms with E-state index in [1.54, 1.807) is 5.57 Å². The van der Waals surface area contributed by atoms with Crippen molar-refractivity contribution < 1.29 is 4.74 Å². The molecule has 5 fully saturated rings. The lowest BCUT2D eigenvalue weighted by Crippen LogP contribution is -2.71. The predicted molar refractivity (Wildman–Crippen MR) is 160 cm³/mol. The summed E-state index contributed by atoms with van der Waals surface area (Å²) in [6, 6.07) is 10.6. The summed E-state index contributed by atoms with van der Waals surface area (Å²) >= 11 is 0. The molecule has 0 saturated heterocycles. The highest BCUT2D eigenvalue weighted by Crippen LogP contribution is 2.81. The number of rotatable bonds is 2. The number of hydrogen-bond donors (Lipinski definition) is 0. The van der Waals surface area contributed by atoms with Crippen LogP contribution in [0.25, 0.3) is 0 Å². The van der Waals surface area contributed by atoms with Crippen molar-refractivity contribution in [2.45, 2.75) is 126 Å². The monoisotopic (exact) mass is 516 g/mol. The molecule has 1 heteroatoms. The molecule has 10 atom stereocenters. The van der Waals surface area contributed by atoms with Gasteiger partial charge in [-0.2, -0.15) is 0 Å². The molecule has 0 spiro atoms. The van der Waals surface area contributed by atoms with E-state index in [1.807, 2.05) is 0 Å². The zero-order chi connectivity index (χ0) is 27.4. The lowest BCUT2D eigenvalue weighted by Gasteiger charge is -2.77. The van der Waals surface area contributed by atoms with Crippen LogP contribution in [0.3, 0.4) is 0 Å². The van der Waals surface area contributed by atoms with Crippen LogP contribution >= 0.6 is 0 Å². The van der Waals surface area contributed by atoms with Crippen molar-refractivity contribution in [3.05, 3.63) is 42.5 Å². The van der Waals surface area contributed by atoms with Crippen molar-refractivity contribution in [3.63, 3.8) is 0 Å². The van der Waals surface area contributed by atoms with Gasteiger partial charge in [0.1, 0.15) is 11.9 Å². The van der Waals surface area contributed by atoms with E-state index in [9.17, 15) is 0 Å². The lowest BCUT2D eigenvalue weighted by molar-refractivity contribution is -0.288. The van der Waals surface area contributed by atoms with Crippen molar-refractivity contribution in [1.29, 1.82) is 0 Å². The van der Waals surface area contributed by atoms with Gasteiger partial charge in [-0.25, -0.2) is 0 Å². The summed E-state index contributed by atoms with van der Waals surface area (Å²) in [5.41, 5.74) is 3.75. The Kier molecular flexibility index (Phi) is 5.95. The largest absolute Gasteiger partial charge is 0.490 e. The van der Waals surface area contributed by atoms with E-state index in [4.69, 9.17) is 11.3 Å². The van der Waals surface area contributed by atoms with Crippen molar-refractivity contribution in [1.82, 2.24) is 0 Å². The van der Waals surface area contributed by atoms with E-state index in [2.05, 4.69) is 85.7 Å². The average Bonchev–Trinajstić information content (AvgIpc) is 2.87. The van der Waals surface area contributed by atoms with Crippen LogP contribution in [0.1, 0.15) is 120 Å². The molecule has 0 aliphatic heterocycles. The van der Waals surface area contributed by atoms with Crippen molar-refractivity contribution in [2.75, 3.05) is 0 Å². The first-order chi connectivity index (χ1) is 17.7. The van der Waals surface area contributed by atoms with E-state index in [-0.39, 0.29) is 5.41 Å². The van der Waals surface area contributed by atoms with Gasteiger partial charge in [0.05, 0.1) is 0 Å². The number of para-hydroxylation sites is 1. The van der Waals surface area contributed by atoms with Crippen LogP contribution in [0.5, 0.6) is 5.75 Å². The highest BCUT2D eigenvalue weighted by Gasteiger charge is 2.74. The minimum absolute atomic E-state index is 0.170. The highest BCUT2D eigenvalue weighted by atomic mass is 16.5. The zero-order valence-electron chi connectivity index (χ0n) is 26.0. The van der Waals surface area contributed by atoms with E-state index in [1.165, 1.54) is 64.2 Å². The first-order valence-electron chi connectivity index (χ1n) is 16.1. The molecule has 0 aromatic heterocycles. The number of hydrogen-bond acceptors (Lipinski definition) is 1. The second-order valence-electron chi connectivity index (χ2n) is 16.7. The van der Waals surface area contributed by atoms with Gasteiger partial charge >= 0.3 is 0 Å². The third-order valence-electron chi connectivity index (χ3n) is 15.4. The van der Waals surface area contributed by atoms with Crippen LogP contribution in [-0.2, 0) is 0 Å². The maximum absolute atomic E-state index is 6.75. The molecule has 1 nitrogen and oxygen atoms in total. The molecule has 0 heterocycles. The molecular weight excluding hydrogens is 460 g/mol. The van der Waals surface area contributed by atoms with Gasteiger partial charge in [-0.05, 0) is 127 Å². The highest BCUT2D eigenvalue weighted by molar-refractivity contribution is 5.27. The summed E-state index contributed by atoms with van der Waals surface area (Å²) in [4.78, 5) is 0. The topological polar surface area (TPSA) is 9.23 Å². The Bertz CT molecular complexity index is 1090. The van der Waals surface area contributed by atoms with Gasteiger partial charge < -0.3 is 4.74 Å². The Hall–Kier alpha value is -1.24. The summed E-state index contributed by atoms with van der Waals surface area (Å²) in [7, 11) is 0. The molecule has 5 aliphatic rings.